The summed E-state index contributed by atoms with van der Waals surface area (Å²) in [6.07, 6.45) is 0. The van der Waals surface area contributed by atoms with Crippen molar-refractivity contribution in [3.05, 3.63) is 64.2 Å². The Morgan fingerprint density at radius 3 is 2.57 bits per heavy atom. The van der Waals surface area contributed by atoms with Crippen molar-refractivity contribution in [2.75, 3.05) is 12.4 Å². The van der Waals surface area contributed by atoms with Crippen LogP contribution in [0.3, 0.4) is 0 Å². The molecule has 0 aliphatic carbocycles. The lowest BCUT2D eigenvalue weighted by molar-refractivity contribution is 0.218. The summed E-state index contributed by atoms with van der Waals surface area (Å²) in [6, 6.07) is 13.1. The highest BCUT2D eigenvalue weighted by Crippen LogP contribution is 2.28. The van der Waals surface area contributed by atoms with E-state index in [1.807, 2.05) is 42.5 Å². The topological polar surface area (TPSA) is 58.4 Å². The van der Waals surface area contributed by atoms with Gasteiger partial charge in [-0.2, -0.15) is 0 Å². The molecule has 21 heavy (non-hydrogen) atoms. The minimum atomic E-state index is -0.212. The van der Waals surface area contributed by atoms with Crippen molar-refractivity contribution in [1.29, 1.82) is 0 Å². The highest BCUT2D eigenvalue weighted by molar-refractivity contribution is 6.30. The summed E-state index contributed by atoms with van der Waals surface area (Å²) in [7, 11) is 1.77. The fourth-order valence-corrected chi connectivity index (χ4v) is 2.59. The summed E-state index contributed by atoms with van der Waals surface area (Å²) in [6.45, 7) is 0.586. The fourth-order valence-electron chi connectivity index (χ4n) is 2.46. The molecule has 1 aliphatic rings. The van der Waals surface area contributed by atoms with Gasteiger partial charge in [0.25, 0.3) is 0 Å². The van der Waals surface area contributed by atoms with Crippen molar-refractivity contribution in [2.45, 2.75) is 12.6 Å². The molecule has 1 atom stereocenters. The average Bonchev–Trinajstić information content (AvgIpc) is 2.48. The lowest BCUT2D eigenvalue weighted by Crippen LogP contribution is -2.35. The monoisotopic (exact) mass is 301 g/mol. The maximum Gasteiger partial charge on any atom is 0.321 e. The number of amides is 2. The van der Waals surface area contributed by atoms with E-state index >= 15 is 0 Å². The van der Waals surface area contributed by atoms with Gasteiger partial charge in [-0.1, -0.05) is 35.9 Å². The number of anilines is 1. The molecule has 1 heterocycles. The molecule has 0 radical (unpaired) electrons. The van der Waals surface area contributed by atoms with Gasteiger partial charge in [-0.3, -0.25) is 0 Å². The number of nitrogens with zero attached hydrogens (tertiary/aromatic N) is 1. The van der Waals surface area contributed by atoms with Crippen molar-refractivity contribution in [3.63, 3.8) is 0 Å². The van der Waals surface area contributed by atoms with Gasteiger partial charge in [-0.15, -0.1) is 0 Å². The van der Waals surface area contributed by atoms with Crippen LogP contribution in [0, 0.1) is 0 Å². The first kappa shape index (κ1) is 13.9. The average molecular weight is 302 g/mol. The third-order valence-corrected chi connectivity index (χ3v) is 3.97. The van der Waals surface area contributed by atoms with E-state index in [1.54, 1.807) is 11.9 Å². The minimum absolute atomic E-state index is 0.0859. The Kier molecular flexibility index (Phi) is 3.57. The maximum atomic E-state index is 11.6. The second-order valence-corrected chi connectivity index (χ2v) is 5.67. The number of rotatable bonds is 2. The highest BCUT2D eigenvalue weighted by Gasteiger charge is 2.20. The standard InChI is InChI=1S/C16H16ClN3O/c1-20-9-12-8-11(4-7-14(12)19-16(20)21)15(18)10-2-5-13(17)6-3-10/h2-8,15H,9,18H2,1H3,(H,19,21). The molecule has 1 aliphatic heterocycles. The SMILES string of the molecule is CN1Cc2cc(C(N)c3ccc(Cl)cc3)ccc2NC1=O. The summed E-state index contributed by atoms with van der Waals surface area (Å²) in [4.78, 5) is 13.2. The Morgan fingerprint density at radius 1 is 1.19 bits per heavy atom. The second kappa shape index (κ2) is 5.39. The first-order valence-corrected chi connectivity index (χ1v) is 7.08. The quantitative estimate of drug-likeness (QED) is 0.893. The first-order valence-electron chi connectivity index (χ1n) is 6.70. The van der Waals surface area contributed by atoms with E-state index in [-0.39, 0.29) is 12.1 Å². The normalized spacial score (nSPS) is 15.4. The van der Waals surface area contributed by atoms with Crippen molar-refractivity contribution in [3.8, 4) is 0 Å². The predicted molar refractivity (Wildman–Crippen MR) is 84.4 cm³/mol. The van der Waals surface area contributed by atoms with Crippen LogP contribution in [0.5, 0.6) is 0 Å². The summed E-state index contributed by atoms with van der Waals surface area (Å²) in [5, 5.41) is 3.55. The number of hydrogen-bond donors (Lipinski definition) is 2. The van der Waals surface area contributed by atoms with Gasteiger partial charge in [0.2, 0.25) is 0 Å². The van der Waals surface area contributed by atoms with Crippen LogP contribution in [0.1, 0.15) is 22.7 Å². The number of urea groups is 1. The van der Waals surface area contributed by atoms with E-state index in [4.69, 9.17) is 17.3 Å². The Bertz CT molecular complexity index is 684. The van der Waals surface area contributed by atoms with Gasteiger partial charge in [0.05, 0.1) is 6.04 Å². The van der Waals surface area contributed by atoms with Crippen LogP contribution in [0.15, 0.2) is 42.5 Å². The molecule has 5 heteroatoms. The lowest BCUT2D eigenvalue weighted by Gasteiger charge is -2.27. The Hall–Kier alpha value is -2.04. The molecule has 0 saturated heterocycles. The first-order chi connectivity index (χ1) is 10.0. The third kappa shape index (κ3) is 2.73. The van der Waals surface area contributed by atoms with Gasteiger partial charge < -0.3 is 16.0 Å². The fraction of sp³-hybridized carbons (Fsp3) is 0.188. The molecule has 0 spiro atoms. The molecule has 0 aromatic heterocycles. The van der Waals surface area contributed by atoms with Crippen LogP contribution in [0.2, 0.25) is 5.02 Å². The number of halogens is 1. The van der Waals surface area contributed by atoms with Crippen LogP contribution in [-0.2, 0) is 6.54 Å². The lowest BCUT2D eigenvalue weighted by atomic mass is 9.96. The number of fused-ring (bicyclic) bond motifs is 1. The molecule has 4 nitrogen and oxygen atoms in total. The molecule has 2 aromatic rings. The molecule has 1 unspecified atom stereocenters. The van der Waals surface area contributed by atoms with E-state index in [0.717, 1.165) is 22.4 Å². The molecule has 3 rings (SSSR count). The Balaban J connectivity index is 1.91. The third-order valence-electron chi connectivity index (χ3n) is 3.71. The molecular weight excluding hydrogens is 286 g/mol. The van der Waals surface area contributed by atoms with E-state index < -0.39 is 0 Å². The van der Waals surface area contributed by atoms with E-state index in [2.05, 4.69) is 5.32 Å². The number of carbonyl (C=O) groups excluding carboxylic acids is 1. The van der Waals surface area contributed by atoms with Crippen LogP contribution >= 0.6 is 11.6 Å². The zero-order valence-electron chi connectivity index (χ0n) is 11.6. The molecule has 0 saturated carbocycles. The van der Waals surface area contributed by atoms with Crippen molar-refractivity contribution in [1.82, 2.24) is 4.90 Å². The number of hydrogen-bond acceptors (Lipinski definition) is 2. The largest absolute Gasteiger partial charge is 0.323 e. The minimum Gasteiger partial charge on any atom is -0.323 e. The number of nitrogens with two attached hydrogens (primary N) is 1. The smallest absolute Gasteiger partial charge is 0.321 e. The Morgan fingerprint density at radius 2 is 1.86 bits per heavy atom. The predicted octanol–water partition coefficient (Wildman–Crippen LogP) is 3.37. The zero-order valence-corrected chi connectivity index (χ0v) is 12.4. The van der Waals surface area contributed by atoms with E-state index in [0.29, 0.717) is 11.6 Å². The van der Waals surface area contributed by atoms with Gasteiger partial charge in [0.1, 0.15) is 0 Å². The van der Waals surface area contributed by atoms with Crippen LogP contribution in [0.25, 0.3) is 0 Å². The van der Waals surface area contributed by atoms with Crippen LogP contribution in [-0.4, -0.2) is 18.0 Å². The van der Waals surface area contributed by atoms with Gasteiger partial charge in [-0.25, -0.2) is 4.79 Å². The zero-order chi connectivity index (χ0) is 15.0. The Labute approximate surface area is 128 Å². The van der Waals surface area contributed by atoms with Gasteiger partial charge in [0, 0.05) is 24.3 Å². The number of nitrogens with one attached hydrogen (secondary N) is 1. The summed E-state index contributed by atoms with van der Waals surface area (Å²) in [5.41, 5.74) is 10.3. The van der Waals surface area contributed by atoms with Crippen LogP contribution in [0.4, 0.5) is 10.5 Å². The molecule has 2 aromatic carbocycles. The molecular formula is C16H16ClN3O. The molecule has 3 N–H and O–H groups in total. The van der Waals surface area contributed by atoms with Crippen molar-refractivity contribution >= 4 is 23.3 Å². The van der Waals surface area contributed by atoms with Crippen molar-refractivity contribution in [2.24, 2.45) is 5.73 Å². The summed E-state index contributed by atoms with van der Waals surface area (Å²) >= 11 is 5.90. The molecule has 0 fully saturated rings. The summed E-state index contributed by atoms with van der Waals surface area (Å²) < 4.78 is 0. The second-order valence-electron chi connectivity index (χ2n) is 5.23. The summed E-state index contributed by atoms with van der Waals surface area (Å²) in [5.74, 6) is 0. The van der Waals surface area contributed by atoms with E-state index in [1.165, 1.54) is 0 Å². The van der Waals surface area contributed by atoms with Gasteiger partial charge in [0.15, 0.2) is 0 Å². The molecule has 0 bridgehead atoms. The van der Waals surface area contributed by atoms with Crippen LogP contribution < -0.4 is 11.1 Å². The number of carbonyl (C=O) groups is 1. The van der Waals surface area contributed by atoms with Crippen molar-refractivity contribution < 1.29 is 4.79 Å². The van der Waals surface area contributed by atoms with Gasteiger partial charge in [-0.05, 0) is 34.9 Å². The highest BCUT2D eigenvalue weighted by atomic mass is 35.5. The maximum absolute atomic E-state index is 11.6. The molecule has 2 amide bonds. The van der Waals surface area contributed by atoms with E-state index in [9.17, 15) is 4.79 Å². The van der Waals surface area contributed by atoms with Gasteiger partial charge >= 0.3 is 6.03 Å². The number of benzene rings is 2. The molecule has 108 valence electrons.